The van der Waals surface area contributed by atoms with Crippen molar-refractivity contribution in [2.24, 2.45) is 5.92 Å². The second-order valence-electron chi connectivity index (χ2n) is 8.02. The first-order valence-corrected chi connectivity index (χ1v) is 10.00. The van der Waals surface area contributed by atoms with E-state index in [9.17, 15) is 15.0 Å². The van der Waals surface area contributed by atoms with E-state index < -0.39 is 11.7 Å². The summed E-state index contributed by atoms with van der Waals surface area (Å²) in [5.41, 5.74) is -0.290. The van der Waals surface area contributed by atoms with Crippen LogP contribution in [0, 0.1) is 5.92 Å². The lowest BCUT2D eigenvalue weighted by molar-refractivity contribution is -0.150. The normalized spacial score (nSPS) is 27.5. The Morgan fingerprint density at radius 3 is 2.62 bits per heavy atom. The second kappa shape index (κ2) is 8.98. The molecule has 0 unspecified atom stereocenters. The molecule has 26 heavy (non-hydrogen) atoms. The SMILES string of the molecule is O=C(Cc1ccccc1)N1CC[C@H](O)[C@@](O)(CNCC2CCCCC2)C1. The van der Waals surface area contributed by atoms with Crippen LogP contribution in [0.4, 0.5) is 0 Å². The minimum absolute atomic E-state index is 0.00815. The van der Waals surface area contributed by atoms with Gasteiger partial charge in [0.2, 0.25) is 5.91 Å². The number of nitrogens with zero attached hydrogens (tertiary/aromatic N) is 1. The quantitative estimate of drug-likeness (QED) is 0.722. The van der Waals surface area contributed by atoms with Crippen LogP contribution in [0.3, 0.4) is 0 Å². The molecule has 1 heterocycles. The summed E-state index contributed by atoms with van der Waals surface area (Å²) in [4.78, 5) is 14.3. The van der Waals surface area contributed by atoms with Gasteiger partial charge in [0.05, 0.1) is 19.1 Å². The fourth-order valence-electron chi connectivity index (χ4n) is 4.21. The van der Waals surface area contributed by atoms with Crippen LogP contribution in [0.15, 0.2) is 30.3 Å². The summed E-state index contributed by atoms with van der Waals surface area (Å²) < 4.78 is 0. The van der Waals surface area contributed by atoms with Crippen molar-refractivity contribution in [1.29, 1.82) is 0 Å². The molecule has 3 N–H and O–H groups in total. The molecule has 2 fully saturated rings. The van der Waals surface area contributed by atoms with Gasteiger partial charge in [-0.25, -0.2) is 0 Å². The molecule has 1 aliphatic carbocycles. The molecule has 1 aliphatic heterocycles. The molecule has 2 atom stereocenters. The predicted molar refractivity (Wildman–Crippen MR) is 102 cm³/mol. The van der Waals surface area contributed by atoms with Crippen molar-refractivity contribution in [3.05, 3.63) is 35.9 Å². The molecule has 1 aromatic rings. The van der Waals surface area contributed by atoms with E-state index in [1.54, 1.807) is 4.90 Å². The van der Waals surface area contributed by atoms with Crippen LogP contribution in [0.1, 0.15) is 44.1 Å². The van der Waals surface area contributed by atoms with Crippen molar-refractivity contribution in [2.75, 3.05) is 26.2 Å². The minimum atomic E-state index is -1.26. The number of aliphatic hydroxyl groups excluding tert-OH is 1. The highest BCUT2D eigenvalue weighted by atomic mass is 16.3. The number of rotatable bonds is 6. The maximum absolute atomic E-state index is 12.6. The van der Waals surface area contributed by atoms with Crippen molar-refractivity contribution in [2.45, 2.75) is 56.7 Å². The summed E-state index contributed by atoms with van der Waals surface area (Å²) in [6, 6.07) is 9.66. The number of hydrogen-bond donors (Lipinski definition) is 3. The number of carbonyl (C=O) groups excluding carboxylic acids is 1. The number of hydrogen-bond acceptors (Lipinski definition) is 4. The zero-order valence-corrected chi connectivity index (χ0v) is 15.6. The van der Waals surface area contributed by atoms with E-state index in [1.807, 2.05) is 30.3 Å². The number of nitrogens with one attached hydrogen (secondary N) is 1. The summed E-state index contributed by atoms with van der Waals surface area (Å²) >= 11 is 0. The number of benzene rings is 1. The van der Waals surface area contributed by atoms with Crippen molar-refractivity contribution < 1.29 is 15.0 Å². The maximum atomic E-state index is 12.6. The van der Waals surface area contributed by atoms with Crippen molar-refractivity contribution in [3.63, 3.8) is 0 Å². The van der Waals surface area contributed by atoms with Gasteiger partial charge in [-0.1, -0.05) is 49.6 Å². The summed E-state index contributed by atoms with van der Waals surface area (Å²) in [7, 11) is 0. The lowest BCUT2D eigenvalue weighted by Gasteiger charge is -2.43. The zero-order valence-electron chi connectivity index (χ0n) is 15.6. The van der Waals surface area contributed by atoms with Gasteiger partial charge in [0, 0.05) is 13.1 Å². The molecule has 1 saturated carbocycles. The summed E-state index contributed by atoms with van der Waals surface area (Å²) in [6.45, 7) is 1.90. The van der Waals surface area contributed by atoms with Gasteiger partial charge in [0.15, 0.2) is 0 Å². The molecular weight excluding hydrogens is 328 g/mol. The summed E-state index contributed by atoms with van der Waals surface area (Å²) in [5.74, 6) is 0.678. The van der Waals surface area contributed by atoms with Crippen LogP contribution in [0.5, 0.6) is 0 Å². The van der Waals surface area contributed by atoms with Crippen molar-refractivity contribution in [1.82, 2.24) is 10.2 Å². The van der Waals surface area contributed by atoms with E-state index in [1.165, 1.54) is 32.1 Å². The van der Waals surface area contributed by atoms with Gasteiger partial charge in [-0.05, 0) is 37.3 Å². The van der Waals surface area contributed by atoms with Gasteiger partial charge in [0.1, 0.15) is 5.60 Å². The first kappa shape index (κ1) is 19.3. The Balaban J connectivity index is 1.51. The van der Waals surface area contributed by atoms with Gasteiger partial charge < -0.3 is 20.4 Å². The molecule has 5 heteroatoms. The monoisotopic (exact) mass is 360 g/mol. The Labute approximate surface area is 156 Å². The molecule has 1 aromatic carbocycles. The van der Waals surface area contributed by atoms with Crippen LogP contribution in [0.25, 0.3) is 0 Å². The number of β-amino-alcohol motifs (C(OH)–C–C–N with tert-alkyl or cyclic N) is 1. The van der Waals surface area contributed by atoms with Gasteiger partial charge >= 0.3 is 0 Å². The topological polar surface area (TPSA) is 72.8 Å². The minimum Gasteiger partial charge on any atom is -0.390 e. The average Bonchev–Trinajstić information content (AvgIpc) is 2.66. The number of likely N-dealkylation sites (tertiary alicyclic amines) is 1. The van der Waals surface area contributed by atoms with E-state index >= 15 is 0 Å². The lowest BCUT2D eigenvalue weighted by atomic mass is 9.87. The Morgan fingerprint density at radius 1 is 1.15 bits per heavy atom. The van der Waals surface area contributed by atoms with Gasteiger partial charge in [-0.15, -0.1) is 0 Å². The predicted octanol–water partition coefficient (Wildman–Crippen LogP) is 1.72. The molecule has 3 rings (SSSR count). The molecule has 0 spiro atoms. The van der Waals surface area contributed by atoms with E-state index in [-0.39, 0.29) is 12.5 Å². The largest absolute Gasteiger partial charge is 0.390 e. The average molecular weight is 360 g/mol. The Kier molecular flexibility index (Phi) is 6.68. The third-order valence-corrected chi connectivity index (χ3v) is 5.90. The summed E-state index contributed by atoms with van der Waals surface area (Å²) in [5, 5.41) is 24.6. The van der Waals surface area contributed by atoms with Gasteiger partial charge in [-0.3, -0.25) is 4.79 Å². The van der Waals surface area contributed by atoms with Crippen LogP contribution in [0.2, 0.25) is 0 Å². The van der Waals surface area contributed by atoms with Gasteiger partial charge in [-0.2, -0.15) is 0 Å². The zero-order chi connectivity index (χ0) is 18.4. The third-order valence-electron chi connectivity index (χ3n) is 5.90. The van der Waals surface area contributed by atoms with Crippen LogP contribution in [-0.2, 0) is 11.2 Å². The van der Waals surface area contributed by atoms with Crippen molar-refractivity contribution >= 4 is 5.91 Å². The lowest BCUT2D eigenvalue weighted by Crippen LogP contribution is -2.62. The number of carbonyl (C=O) groups is 1. The molecule has 2 aliphatic rings. The van der Waals surface area contributed by atoms with E-state index in [0.717, 1.165) is 12.1 Å². The molecule has 144 valence electrons. The Bertz CT molecular complexity index is 574. The Morgan fingerprint density at radius 2 is 1.88 bits per heavy atom. The first-order chi connectivity index (χ1) is 12.6. The molecular formula is C21H32N2O3. The van der Waals surface area contributed by atoms with Crippen LogP contribution < -0.4 is 5.32 Å². The first-order valence-electron chi connectivity index (χ1n) is 10.00. The molecule has 0 aromatic heterocycles. The number of amides is 1. The van der Waals surface area contributed by atoms with Gasteiger partial charge in [0.25, 0.3) is 0 Å². The third kappa shape index (κ3) is 5.06. The molecule has 1 amide bonds. The van der Waals surface area contributed by atoms with Crippen molar-refractivity contribution in [3.8, 4) is 0 Å². The second-order valence-corrected chi connectivity index (χ2v) is 8.02. The smallest absolute Gasteiger partial charge is 0.227 e. The molecule has 5 nitrogen and oxygen atoms in total. The van der Waals surface area contributed by atoms with E-state index in [4.69, 9.17) is 0 Å². The fourth-order valence-corrected chi connectivity index (χ4v) is 4.21. The summed E-state index contributed by atoms with van der Waals surface area (Å²) in [6.07, 6.45) is 6.37. The van der Waals surface area contributed by atoms with Crippen LogP contribution >= 0.6 is 0 Å². The van der Waals surface area contributed by atoms with E-state index in [2.05, 4.69) is 5.32 Å². The molecule has 0 radical (unpaired) electrons. The van der Waals surface area contributed by atoms with E-state index in [0.29, 0.717) is 31.8 Å². The number of piperidine rings is 1. The highest BCUT2D eigenvalue weighted by Gasteiger charge is 2.42. The van der Waals surface area contributed by atoms with Crippen LogP contribution in [-0.4, -0.2) is 58.9 Å². The fraction of sp³-hybridized carbons (Fsp3) is 0.667. The number of aliphatic hydroxyl groups is 2. The Hall–Kier alpha value is -1.43. The maximum Gasteiger partial charge on any atom is 0.227 e. The molecule has 1 saturated heterocycles. The molecule has 0 bridgehead atoms. The highest BCUT2D eigenvalue weighted by Crippen LogP contribution is 2.25. The highest BCUT2D eigenvalue weighted by molar-refractivity contribution is 5.79. The standard InChI is InChI=1S/C21H32N2O3/c24-19-11-12-23(20(25)13-17-7-3-1-4-8-17)16-21(19,26)15-22-14-18-9-5-2-6-10-18/h1,3-4,7-8,18-19,22,24,26H,2,5-6,9-16H2/t19-,21+/m0/s1.